The number of fused-ring (bicyclic) bond motifs is 13. The maximum absolute atomic E-state index is 6.83. The average molecular weight is 817 g/mol. The lowest BCUT2D eigenvalue weighted by Gasteiger charge is -2.26. The molecule has 5 nitrogen and oxygen atoms in total. The summed E-state index contributed by atoms with van der Waals surface area (Å²) in [6, 6.07) is 73.9. The van der Waals surface area contributed by atoms with Crippen LogP contribution in [0, 0.1) is 0 Å². The van der Waals surface area contributed by atoms with Crippen molar-refractivity contribution in [3.05, 3.63) is 223 Å². The van der Waals surface area contributed by atoms with E-state index in [2.05, 4.69) is 210 Å². The summed E-state index contributed by atoms with van der Waals surface area (Å²) in [6.45, 7) is 0. The van der Waals surface area contributed by atoms with Gasteiger partial charge in [-0.15, -0.1) is 0 Å². The number of nitrogens with one attached hydrogen (secondary N) is 1. The van der Waals surface area contributed by atoms with Gasteiger partial charge in [0, 0.05) is 32.8 Å². The van der Waals surface area contributed by atoms with E-state index in [9.17, 15) is 0 Å². The highest BCUT2D eigenvalue weighted by molar-refractivity contribution is 6.24. The van der Waals surface area contributed by atoms with E-state index >= 15 is 0 Å². The van der Waals surface area contributed by atoms with Crippen LogP contribution in [0.2, 0.25) is 0 Å². The maximum atomic E-state index is 6.83. The van der Waals surface area contributed by atoms with Crippen LogP contribution in [0.15, 0.2) is 221 Å². The van der Waals surface area contributed by atoms with Crippen molar-refractivity contribution in [1.82, 2.24) is 9.88 Å². The van der Waals surface area contributed by atoms with Crippen LogP contribution in [0.25, 0.3) is 103 Å². The van der Waals surface area contributed by atoms with Crippen molar-refractivity contribution < 1.29 is 4.42 Å². The fourth-order valence-electron chi connectivity index (χ4n) is 10.5. The standard InChI is InChI=1S/C59H36N4O/c1-2-16-36-32-52-48(29-35(36)15-1)46-25-11-13-27-51(46)63(52)53-33-39(34-55-56(53)47-26-12-14-28-54(47)64-55)57-60-58(49-30-37-17-3-5-19-40(37)42-21-7-9-23-44(42)49)62-59(61-57)50-31-38-18-4-6-20-41(38)43-22-8-10-24-45(43)50/h1-34,58H,(H,60,61,62). The SMILES string of the molecule is c1ccc2cc3c(cc2c1)c1ccccc1n3-c1cc(C2=NC(c3cc4ccccc4c4ccccc34)=NC(c3cc4ccccc4c4ccccc34)N2)cc2oc3ccccc3c12. The van der Waals surface area contributed by atoms with Crippen molar-refractivity contribution in [3.8, 4) is 5.69 Å². The zero-order valence-corrected chi connectivity index (χ0v) is 34.5. The fourth-order valence-corrected chi connectivity index (χ4v) is 10.5. The second-order valence-electron chi connectivity index (χ2n) is 16.9. The zero-order chi connectivity index (χ0) is 41.9. The summed E-state index contributed by atoms with van der Waals surface area (Å²) in [5, 5.41) is 20.2. The Kier molecular flexibility index (Phi) is 7.39. The summed E-state index contributed by atoms with van der Waals surface area (Å²) in [5.41, 5.74) is 7.89. The quantitative estimate of drug-likeness (QED) is 0.180. The van der Waals surface area contributed by atoms with Crippen molar-refractivity contribution in [3.63, 3.8) is 0 Å². The van der Waals surface area contributed by atoms with Gasteiger partial charge < -0.3 is 14.3 Å². The largest absolute Gasteiger partial charge is 0.456 e. The molecule has 1 unspecified atom stereocenters. The van der Waals surface area contributed by atoms with E-state index in [1.165, 1.54) is 48.5 Å². The molecule has 1 aliphatic heterocycles. The van der Waals surface area contributed by atoms with Gasteiger partial charge >= 0.3 is 0 Å². The van der Waals surface area contributed by atoms with Crippen molar-refractivity contribution >= 4 is 109 Å². The second kappa shape index (κ2) is 13.5. The Bertz CT molecular complexity index is 4190. The molecule has 0 spiro atoms. The van der Waals surface area contributed by atoms with Crippen LogP contribution in [-0.2, 0) is 0 Å². The maximum Gasteiger partial charge on any atom is 0.160 e. The molecule has 0 saturated carbocycles. The monoisotopic (exact) mass is 816 g/mol. The molecule has 0 fully saturated rings. The highest BCUT2D eigenvalue weighted by Crippen LogP contribution is 2.42. The van der Waals surface area contributed by atoms with Gasteiger partial charge in [0.15, 0.2) is 5.84 Å². The van der Waals surface area contributed by atoms with E-state index in [1.807, 2.05) is 6.07 Å². The molecule has 1 N–H and O–H groups in total. The van der Waals surface area contributed by atoms with Crippen LogP contribution in [0.1, 0.15) is 22.9 Å². The number of benzene rings is 11. The van der Waals surface area contributed by atoms with Gasteiger partial charge in [-0.05, 0) is 102 Å². The molecule has 0 radical (unpaired) electrons. The van der Waals surface area contributed by atoms with Crippen LogP contribution in [0.5, 0.6) is 0 Å². The van der Waals surface area contributed by atoms with Crippen LogP contribution in [-0.4, -0.2) is 16.2 Å². The number of aromatic nitrogens is 1. The van der Waals surface area contributed by atoms with E-state index in [-0.39, 0.29) is 0 Å². The molecule has 3 heterocycles. The highest BCUT2D eigenvalue weighted by Gasteiger charge is 2.27. The Labute approximate surface area is 366 Å². The summed E-state index contributed by atoms with van der Waals surface area (Å²) < 4.78 is 9.25. The Hall–Kier alpha value is -8.54. The number of amidine groups is 2. The predicted molar refractivity (Wildman–Crippen MR) is 267 cm³/mol. The van der Waals surface area contributed by atoms with Gasteiger partial charge in [0.1, 0.15) is 23.2 Å². The molecule has 0 bridgehead atoms. The Balaban J connectivity index is 1.07. The van der Waals surface area contributed by atoms with E-state index in [0.29, 0.717) is 5.84 Å². The lowest BCUT2D eigenvalue weighted by Crippen LogP contribution is -2.34. The minimum Gasteiger partial charge on any atom is -0.456 e. The molecule has 2 aromatic heterocycles. The zero-order valence-electron chi connectivity index (χ0n) is 34.5. The minimum absolute atomic E-state index is 0.461. The number of nitrogens with zero attached hydrogens (tertiary/aromatic N) is 3. The summed E-state index contributed by atoms with van der Waals surface area (Å²) in [6.07, 6.45) is -0.461. The molecule has 64 heavy (non-hydrogen) atoms. The topological polar surface area (TPSA) is 54.8 Å². The molecule has 0 aliphatic carbocycles. The van der Waals surface area contributed by atoms with E-state index in [4.69, 9.17) is 14.4 Å². The summed E-state index contributed by atoms with van der Waals surface area (Å²) in [4.78, 5) is 11.1. The van der Waals surface area contributed by atoms with Gasteiger partial charge in [0.25, 0.3) is 0 Å². The van der Waals surface area contributed by atoms with Gasteiger partial charge in [0.05, 0.1) is 22.1 Å². The fraction of sp³-hybridized carbons (Fsp3) is 0.0169. The molecule has 14 rings (SSSR count). The molecule has 298 valence electrons. The van der Waals surface area contributed by atoms with Crippen LogP contribution < -0.4 is 5.32 Å². The first kappa shape index (κ1) is 35.1. The number of para-hydroxylation sites is 2. The Morgan fingerprint density at radius 2 is 1.00 bits per heavy atom. The molecule has 5 heteroatoms. The number of aliphatic imine (C=N–C) groups is 2. The second-order valence-corrected chi connectivity index (χ2v) is 16.9. The molecule has 0 amide bonds. The number of furan rings is 1. The average Bonchev–Trinajstić information content (AvgIpc) is 3.90. The summed E-state index contributed by atoms with van der Waals surface area (Å²) in [5.74, 6) is 1.40. The minimum atomic E-state index is -0.461. The normalized spacial score (nSPS) is 14.4. The lowest BCUT2D eigenvalue weighted by molar-refractivity contribution is 0.667. The van der Waals surface area contributed by atoms with Crippen molar-refractivity contribution in [2.45, 2.75) is 6.17 Å². The number of hydrogen-bond donors (Lipinski definition) is 1. The number of hydrogen-bond acceptors (Lipinski definition) is 4. The molecular weight excluding hydrogens is 781 g/mol. The van der Waals surface area contributed by atoms with Gasteiger partial charge in [0.2, 0.25) is 0 Å². The first-order valence-corrected chi connectivity index (χ1v) is 21.8. The smallest absolute Gasteiger partial charge is 0.160 e. The molecule has 13 aromatic rings. The van der Waals surface area contributed by atoms with Gasteiger partial charge in [-0.3, -0.25) is 0 Å². The van der Waals surface area contributed by atoms with Crippen LogP contribution in [0.3, 0.4) is 0 Å². The van der Waals surface area contributed by atoms with Crippen LogP contribution in [0.4, 0.5) is 0 Å². The van der Waals surface area contributed by atoms with Gasteiger partial charge in [-0.2, -0.15) is 0 Å². The summed E-state index contributed by atoms with van der Waals surface area (Å²) >= 11 is 0. The first-order valence-electron chi connectivity index (χ1n) is 21.8. The third-order valence-corrected chi connectivity index (χ3v) is 13.4. The summed E-state index contributed by atoms with van der Waals surface area (Å²) in [7, 11) is 0. The van der Waals surface area contributed by atoms with E-state index in [1.54, 1.807) is 0 Å². The van der Waals surface area contributed by atoms with Crippen molar-refractivity contribution in [1.29, 1.82) is 0 Å². The van der Waals surface area contributed by atoms with Crippen LogP contribution >= 0.6 is 0 Å². The Morgan fingerprint density at radius 3 is 1.77 bits per heavy atom. The molecular formula is C59H36N4O. The van der Waals surface area contributed by atoms with E-state index < -0.39 is 6.17 Å². The highest BCUT2D eigenvalue weighted by atomic mass is 16.3. The van der Waals surface area contributed by atoms with Crippen molar-refractivity contribution in [2.24, 2.45) is 9.98 Å². The molecule has 1 aliphatic rings. The van der Waals surface area contributed by atoms with E-state index in [0.717, 1.165) is 77.3 Å². The third kappa shape index (κ3) is 5.18. The van der Waals surface area contributed by atoms with Gasteiger partial charge in [-0.1, -0.05) is 158 Å². The Morgan fingerprint density at radius 1 is 0.422 bits per heavy atom. The third-order valence-electron chi connectivity index (χ3n) is 13.4. The van der Waals surface area contributed by atoms with Gasteiger partial charge in [-0.25, -0.2) is 9.98 Å². The molecule has 1 atom stereocenters. The lowest BCUT2D eigenvalue weighted by atomic mass is 9.94. The predicted octanol–water partition coefficient (Wildman–Crippen LogP) is 14.9. The molecule has 11 aromatic carbocycles. The first-order chi connectivity index (χ1) is 31.7. The molecule has 0 saturated heterocycles. The number of rotatable bonds is 4. The van der Waals surface area contributed by atoms with Crippen molar-refractivity contribution in [2.75, 3.05) is 0 Å².